The molecule has 0 aliphatic heterocycles. The normalized spacial score (nSPS) is 11.7. The number of methoxy groups -OCH3 is 1. The summed E-state index contributed by atoms with van der Waals surface area (Å²) in [4.78, 5) is 23.9. The minimum Gasteiger partial charge on any atom is -0.496 e. The molecule has 0 heterocycles. The van der Waals surface area contributed by atoms with Gasteiger partial charge in [0.05, 0.1) is 19.4 Å². The van der Waals surface area contributed by atoms with Crippen molar-refractivity contribution in [2.45, 2.75) is 26.7 Å². The Balaban J connectivity index is 2.00. The fourth-order valence-corrected chi connectivity index (χ4v) is 2.97. The summed E-state index contributed by atoms with van der Waals surface area (Å²) in [5, 5.41) is 12.3. The number of hydrogen-bond donors (Lipinski definition) is 2. The van der Waals surface area contributed by atoms with Crippen LogP contribution in [0, 0.1) is 19.8 Å². The van der Waals surface area contributed by atoms with Crippen molar-refractivity contribution in [3.05, 3.63) is 64.7 Å². The Morgan fingerprint density at radius 2 is 1.73 bits per heavy atom. The average molecular weight is 355 g/mol. The number of aliphatic carboxylic acids is 1. The number of benzene rings is 2. The summed E-state index contributed by atoms with van der Waals surface area (Å²) in [6.07, 6.45) is 0.544. The monoisotopic (exact) mass is 355 g/mol. The second-order valence-electron chi connectivity index (χ2n) is 6.40. The second kappa shape index (κ2) is 9.04. The number of rotatable bonds is 8. The van der Waals surface area contributed by atoms with Crippen molar-refractivity contribution in [1.29, 1.82) is 0 Å². The van der Waals surface area contributed by atoms with E-state index in [1.165, 1.54) is 0 Å². The molecule has 0 aliphatic rings. The van der Waals surface area contributed by atoms with Crippen LogP contribution in [0.5, 0.6) is 5.75 Å². The maximum atomic E-state index is 12.3. The van der Waals surface area contributed by atoms with Crippen molar-refractivity contribution in [1.82, 2.24) is 5.32 Å². The number of aryl methyl sites for hydroxylation is 2. The van der Waals surface area contributed by atoms with Crippen LogP contribution in [0.1, 0.15) is 22.3 Å². The zero-order chi connectivity index (χ0) is 19.1. The van der Waals surface area contributed by atoms with Gasteiger partial charge in [0.1, 0.15) is 5.75 Å². The summed E-state index contributed by atoms with van der Waals surface area (Å²) in [5.41, 5.74) is 3.92. The fraction of sp³-hybridized carbons (Fsp3) is 0.333. The molecule has 1 unspecified atom stereocenters. The molecule has 0 saturated carbocycles. The Morgan fingerprint density at radius 1 is 1.08 bits per heavy atom. The number of hydrogen-bond acceptors (Lipinski definition) is 3. The standard InChI is InChI=1S/C21H25NO4/c1-14-7-6-8-15(2)18(14)12-20(23)22-13-17(21(24)25)11-16-9-4-5-10-19(16)26-3/h4-10,17H,11-13H2,1-3H3,(H,22,23)(H,24,25). The molecule has 5 heteroatoms. The lowest BCUT2D eigenvalue weighted by atomic mass is 9.97. The Hall–Kier alpha value is -2.82. The lowest BCUT2D eigenvalue weighted by Gasteiger charge is -2.16. The van der Waals surface area contributed by atoms with Gasteiger partial charge in [-0.1, -0.05) is 36.4 Å². The van der Waals surface area contributed by atoms with Gasteiger partial charge in [0.25, 0.3) is 0 Å². The van der Waals surface area contributed by atoms with E-state index in [-0.39, 0.29) is 18.9 Å². The van der Waals surface area contributed by atoms with Crippen LogP contribution in [0.2, 0.25) is 0 Å². The number of nitrogens with one attached hydrogen (secondary N) is 1. The van der Waals surface area contributed by atoms with Gasteiger partial charge in [-0.3, -0.25) is 9.59 Å². The van der Waals surface area contributed by atoms with Gasteiger partial charge in [-0.2, -0.15) is 0 Å². The van der Waals surface area contributed by atoms with Gasteiger partial charge >= 0.3 is 5.97 Å². The molecular weight excluding hydrogens is 330 g/mol. The highest BCUT2D eigenvalue weighted by Crippen LogP contribution is 2.21. The van der Waals surface area contributed by atoms with E-state index < -0.39 is 11.9 Å². The highest BCUT2D eigenvalue weighted by Gasteiger charge is 2.21. The molecule has 0 bridgehead atoms. The molecule has 2 rings (SSSR count). The molecule has 26 heavy (non-hydrogen) atoms. The highest BCUT2D eigenvalue weighted by atomic mass is 16.5. The van der Waals surface area contributed by atoms with E-state index in [1.54, 1.807) is 13.2 Å². The molecule has 5 nitrogen and oxygen atoms in total. The summed E-state index contributed by atoms with van der Waals surface area (Å²) in [6, 6.07) is 13.2. The molecule has 0 spiro atoms. The molecule has 0 saturated heterocycles. The summed E-state index contributed by atoms with van der Waals surface area (Å²) < 4.78 is 5.28. The average Bonchev–Trinajstić information content (AvgIpc) is 2.62. The smallest absolute Gasteiger partial charge is 0.308 e. The number of carboxylic acid groups (broad SMARTS) is 1. The lowest BCUT2D eigenvalue weighted by Crippen LogP contribution is -2.35. The van der Waals surface area contributed by atoms with Crippen LogP contribution in [0.15, 0.2) is 42.5 Å². The van der Waals surface area contributed by atoms with Crippen molar-refractivity contribution in [3.63, 3.8) is 0 Å². The van der Waals surface area contributed by atoms with Crippen molar-refractivity contribution in [3.8, 4) is 5.75 Å². The largest absolute Gasteiger partial charge is 0.496 e. The van der Waals surface area contributed by atoms with Crippen molar-refractivity contribution in [2.24, 2.45) is 5.92 Å². The molecule has 0 radical (unpaired) electrons. The van der Waals surface area contributed by atoms with Crippen molar-refractivity contribution >= 4 is 11.9 Å². The van der Waals surface area contributed by atoms with Crippen LogP contribution in [-0.2, 0) is 22.4 Å². The maximum absolute atomic E-state index is 12.3. The molecule has 2 aromatic rings. The quantitative estimate of drug-likeness (QED) is 0.763. The van der Waals surface area contributed by atoms with Crippen LogP contribution in [0.3, 0.4) is 0 Å². The van der Waals surface area contributed by atoms with E-state index in [4.69, 9.17) is 4.74 Å². The maximum Gasteiger partial charge on any atom is 0.308 e. The van der Waals surface area contributed by atoms with E-state index in [1.807, 2.05) is 50.2 Å². The van der Waals surface area contributed by atoms with Gasteiger partial charge in [0.15, 0.2) is 0 Å². The first-order valence-electron chi connectivity index (χ1n) is 8.58. The van der Waals surface area contributed by atoms with Gasteiger partial charge in [0.2, 0.25) is 5.91 Å². The van der Waals surface area contributed by atoms with E-state index in [0.717, 1.165) is 22.3 Å². The van der Waals surface area contributed by atoms with Gasteiger partial charge in [0, 0.05) is 6.54 Å². The fourth-order valence-electron chi connectivity index (χ4n) is 2.97. The van der Waals surface area contributed by atoms with Crippen molar-refractivity contribution in [2.75, 3.05) is 13.7 Å². The zero-order valence-electron chi connectivity index (χ0n) is 15.4. The first kappa shape index (κ1) is 19.5. The number of para-hydroxylation sites is 1. The van der Waals surface area contributed by atoms with E-state index in [0.29, 0.717) is 12.2 Å². The minimum absolute atomic E-state index is 0.0805. The van der Waals surface area contributed by atoms with Gasteiger partial charge < -0.3 is 15.2 Å². The first-order chi connectivity index (χ1) is 12.4. The topological polar surface area (TPSA) is 75.6 Å². The van der Waals surface area contributed by atoms with Crippen LogP contribution in [-0.4, -0.2) is 30.6 Å². The van der Waals surface area contributed by atoms with Crippen LogP contribution < -0.4 is 10.1 Å². The summed E-state index contributed by atoms with van der Waals surface area (Å²) >= 11 is 0. The van der Waals surface area contributed by atoms with Gasteiger partial charge in [-0.25, -0.2) is 0 Å². The lowest BCUT2D eigenvalue weighted by molar-refractivity contribution is -0.141. The minimum atomic E-state index is -0.941. The van der Waals surface area contributed by atoms with E-state index in [2.05, 4.69) is 5.32 Å². The van der Waals surface area contributed by atoms with Gasteiger partial charge in [-0.15, -0.1) is 0 Å². The first-order valence-corrected chi connectivity index (χ1v) is 8.58. The Labute approximate surface area is 154 Å². The Kier molecular flexibility index (Phi) is 6.78. The summed E-state index contributed by atoms with van der Waals surface area (Å²) in [7, 11) is 1.56. The Morgan fingerprint density at radius 3 is 2.35 bits per heavy atom. The second-order valence-corrected chi connectivity index (χ2v) is 6.40. The predicted octanol–water partition coefficient (Wildman–Crippen LogP) is 2.91. The van der Waals surface area contributed by atoms with Gasteiger partial charge in [-0.05, 0) is 48.6 Å². The number of carbonyl (C=O) groups excluding carboxylic acids is 1. The zero-order valence-corrected chi connectivity index (χ0v) is 15.4. The third-order valence-corrected chi connectivity index (χ3v) is 4.54. The molecule has 1 amide bonds. The molecule has 0 aliphatic carbocycles. The summed E-state index contributed by atoms with van der Waals surface area (Å²) in [6.45, 7) is 4.02. The molecule has 0 fully saturated rings. The molecule has 2 N–H and O–H groups in total. The van der Waals surface area contributed by atoms with E-state index in [9.17, 15) is 14.7 Å². The number of carbonyl (C=O) groups is 2. The molecule has 138 valence electrons. The number of amides is 1. The Bertz CT molecular complexity index is 765. The third kappa shape index (κ3) is 5.09. The SMILES string of the molecule is COc1ccccc1CC(CNC(=O)Cc1c(C)cccc1C)C(=O)O. The number of ether oxygens (including phenoxy) is 1. The highest BCUT2D eigenvalue weighted by molar-refractivity contribution is 5.80. The molecule has 1 atom stereocenters. The molecule has 2 aromatic carbocycles. The van der Waals surface area contributed by atoms with Crippen LogP contribution in [0.25, 0.3) is 0 Å². The third-order valence-electron chi connectivity index (χ3n) is 4.54. The van der Waals surface area contributed by atoms with E-state index >= 15 is 0 Å². The molecule has 0 aromatic heterocycles. The van der Waals surface area contributed by atoms with Crippen LogP contribution in [0.4, 0.5) is 0 Å². The van der Waals surface area contributed by atoms with Crippen molar-refractivity contribution < 1.29 is 19.4 Å². The molecular formula is C21H25NO4. The predicted molar refractivity (Wildman–Crippen MR) is 100 cm³/mol. The van der Waals surface area contributed by atoms with Crippen LogP contribution >= 0.6 is 0 Å². The summed E-state index contributed by atoms with van der Waals surface area (Å²) in [5.74, 6) is -1.18. The number of carboxylic acids is 1.